The summed E-state index contributed by atoms with van der Waals surface area (Å²) in [5, 5.41) is 14.9. The van der Waals surface area contributed by atoms with E-state index in [1.807, 2.05) is 35.8 Å². The van der Waals surface area contributed by atoms with Crippen LogP contribution in [0.5, 0.6) is 5.88 Å². The monoisotopic (exact) mass is 415 g/mol. The SMILES string of the molecule is Cc1nc2ccccc2n1-c1nc(=NC2CC2)n2nc/c(=C\c3[nH]c(=O)[nH]c3O)c2n1. The Labute approximate surface area is 173 Å². The highest BCUT2D eigenvalue weighted by Crippen LogP contribution is 2.22. The summed E-state index contributed by atoms with van der Waals surface area (Å²) in [5.74, 6) is 0.929. The predicted molar refractivity (Wildman–Crippen MR) is 111 cm³/mol. The molecule has 0 radical (unpaired) electrons. The highest BCUT2D eigenvalue weighted by atomic mass is 16.3. The first kappa shape index (κ1) is 17.6. The van der Waals surface area contributed by atoms with Gasteiger partial charge in [0.2, 0.25) is 11.8 Å². The molecule has 4 heterocycles. The summed E-state index contributed by atoms with van der Waals surface area (Å²) in [7, 11) is 0. The van der Waals surface area contributed by atoms with E-state index in [9.17, 15) is 9.90 Å². The molecule has 5 aromatic rings. The van der Waals surface area contributed by atoms with Gasteiger partial charge in [0.25, 0.3) is 5.62 Å². The van der Waals surface area contributed by atoms with Gasteiger partial charge in [-0.3, -0.25) is 9.55 Å². The summed E-state index contributed by atoms with van der Waals surface area (Å²) in [6.07, 6.45) is 5.24. The van der Waals surface area contributed by atoms with E-state index >= 15 is 0 Å². The van der Waals surface area contributed by atoms with Crippen LogP contribution in [0, 0.1) is 6.92 Å². The van der Waals surface area contributed by atoms with Crippen molar-refractivity contribution in [2.45, 2.75) is 25.8 Å². The number of aromatic amines is 2. The molecular formula is C20H17N9O2. The van der Waals surface area contributed by atoms with Crippen molar-refractivity contribution >= 4 is 22.8 Å². The van der Waals surface area contributed by atoms with Crippen LogP contribution >= 0.6 is 0 Å². The van der Waals surface area contributed by atoms with Gasteiger partial charge in [-0.2, -0.15) is 19.6 Å². The molecule has 11 nitrogen and oxygen atoms in total. The third-order valence-electron chi connectivity index (χ3n) is 5.17. The van der Waals surface area contributed by atoms with E-state index in [2.05, 4.69) is 20.1 Å². The smallest absolute Gasteiger partial charge is 0.326 e. The third-order valence-corrected chi connectivity index (χ3v) is 5.17. The lowest BCUT2D eigenvalue weighted by molar-refractivity contribution is 0.454. The first-order chi connectivity index (χ1) is 15.1. The Bertz CT molecular complexity index is 1650. The third kappa shape index (κ3) is 2.89. The summed E-state index contributed by atoms with van der Waals surface area (Å²) < 4.78 is 3.46. The van der Waals surface area contributed by atoms with Gasteiger partial charge in [-0.15, -0.1) is 0 Å². The molecule has 1 saturated carbocycles. The van der Waals surface area contributed by atoms with Crippen LogP contribution in [-0.2, 0) is 0 Å². The van der Waals surface area contributed by atoms with Gasteiger partial charge < -0.3 is 10.1 Å². The average molecular weight is 415 g/mol. The average Bonchev–Trinajstić information content (AvgIpc) is 3.23. The second kappa shape index (κ2) is 6.36. The molecule has 1 aliphatic rings. The van der Waals surface area contributed by atoms with Gasteiger partial charge in [0.15, 0.2) is 5.65 Å². The molecule has 0 spiro atoms. The summed E-state index contributed by atoms with van der Waals surface area (Å²) in [4.78, 5) is 35.1. The molecule has 0 amide bonds. The van der Waals surface area contributed by atoms with Crippen molar-refractivity contribution in [2.75, 3.05) is 0 Å². The first-order valence-corrected chi connectivity index (χ1v) is 9.84. The van der Waals surface area contributed by atoms with Gasteiger partial charge in [-0.1, -0.05) is 12.1 Å². The fourth-order valence-corrected chi connectivity index (χ4v) is 3.57. The quantitative estimate of drug-likeness (QED) is 0.382. The van der Waals surface area contributed by atoms with Gasteiger partial charge in [-0.05, 0) is 38.0 Å². The van der Waals surface area contributed by atoms with E-state index in [1.165, 1.54) is 0 Å². The maximum absolute atomic E-state index is 11.5. The van der Waals surface area contributed by atoms with E-state index in [0.717, 1.165) is 29.7 Å². The van der Waals surface area contributed by atoms with Gasteiger partial charge in [0.1, 0.15) is 11.5 Å². The fraction of sp³-hybridized carbons (Fsp3) is 0.200. The summed E-state index contributed by atoms with van der Waals surface area (Å²) in [6, 6.07) is 8.01. The van der Waals surface area contributed by atoms with Crippen molar-refractivity contribution in [1.29, 1.82) is 0 Å². The minimum atomic E-state index is -0.500. The molecule has 0 unspecified atom stereocenters. The number of benzene rings is 1. The lowest BCUT2D eigenvalue weighted by atomic mass is 10.3. The predicted octanol–water partition coefficient (Wildman–Crippen LogP) is 0.104. The number of fused-ring (bicyclic) bond motifs is 2. The Kier molecular flexibility index (Phi) is 3.60. The highest BCUT2D eigenvalue weighted by molar-refractivity contribution is 5.77. The van der Waals surface area contributed by atoms with Crippen LogP contribution in [0.3, 0.4) is 0 Å². The molecule has 1 aliphatic carbocycles. The topological polar surface area (TPSA) is 142 Å². The molecule has 11 heteroatoms. The molecule has 1 aromatic carbocycles. The Morgan fingerprint density at radius 3 is 2.81 bits per heavy atom. The van der Waals surface area contributed by atoms with Crippen LogP contribution in [0.1, 0.15) is 24.4 Å². The molecule has 3 N–H and O–H groups in total. The molecule has 0 aliphatic heterocycles. The molecule has 0 bridgehead atoms. The Morgan fingerprint density at radius 2 is 2.03 bits per heavy atom. The Balaban J connectivity index is 1.67. The van der Waals surface area contributed by atoms with Crippen LogP contribution < -0.4 is 16.5 Å². The zero-order valence-corrected chi connectivity index (χ0v) is 16.4. The van der Waals surface area contributed by atoms with Crippen molar-refractivity contribution in [1.82, 2.24) is 39.1 Å². The number of hydrogen-bond donors (Lipinski definition) is 3. The van der Waals surface area contributed by atoms with Crippen LogP contribution in [0.4, 0.5) is 0 Å². The van der Waals surface area contributed by atoms with E-state index in [0.29, 0.717) is 22.4 Å². The number of aryl methyl sites for hydroxylation is 1. The van der Waals surface area contributed by atoms with Gasteiger partial charge >= 0.3 is 5.69 Å². The Morgan fingerprint density at radius 1 is 1.19 bits per heavy atom. The zero-order valence-electron chi connectivity index (χ0n) is 16.4. The van der Waals surface area contributed by atoms with E-state index < -0.39 is 5.69 Å². The van der Waals surface area contributed by atoms with E-state index in [-0.39, 0.29) is 17.6 Å². The minimum absolute atomic E-state index is 0.230. The molecule has 154 valence electrons. The number of H-pyrrole nitrogens is 2. The maximum atomic E-state index is 11.5. The molecule has 0 atom stereocenters. The van der Waals surface area contributed by atoms with E-state index in [1.54, 1.807) is 16.8 Å². The lowest BCUT2D eigenvalue weighted by Gasteiger charge is -2.05. The summed E-state index contributed by atoms with van der Waals surface area (Å²) in [6.45, 7) is 1.90. The molecule has 6 rings (SSSR count). The molecular weight excluding hydrogens is 398 g/mol. The first-order valence-electron chi connectivity index (χ1n) is 9.84. The zero-order chi connectivity index (χ0) is 21.1. The highest BCUT2D eigenvalue weighted by Gasteiger charge is 2.21. The van der Waals surface area contributed by atoms with Crippen LogP contribution in [0.25, 0.3) is 28.7 Å². The number of imidazole rings is 2. The van der Waals surface area contributed by atoms with Crippen LogP contribution in [-0.4, -0.2) is 50.2 Å². The van der Waals surface area contributed by atoms with Crippen molar-refractivity contribution in [3.05, 3.63) is 63.3 Å². The van der Waals surface area contributed by atoms with Crippen LogP contribution in [0.2, 0.25) is 0 Å². The summed E-state index contributed by atoms with van der Waals surface area (Å²) in [5.41, 5.74) is 2.43. The van der Waals surface area contributed by atoms with Crippen molar-refractivity contribution < 1.29 is 5.11 Å². The van der Waals surface area contributed by atoms with Gasteiger partial charge in [0.05, 0.1) is 23.3 Å². The number of aromatic hydroxyl groups is 1. The van der Waals surface area contributed by atoms with E-state index in [4.69, 9.17) is 15.0 Å². The number of aromatic nitrogens is 8. The summed E-state index contributed by atoms with van der Waals surface area (Å²) >= 11 is 0. The number of rotatable bonds is 3. The van der Waals surface area contributed by atoms with Gasteiger partial charge in [0, 0.05) is 5.22 Å². The number of nitrogens with one attached hydrogen (secondary N) is 2. The fourth-order valence-electron chi connectivity index (χ4n) is 3.57. The number of hydrogen-bond acceptors (Lipinski definition) is 7. The number of nitrogens with zero attached hydrogens (tertiary/aromatic N) is 7. The maximum Gasteiger partial charge on any atom is 0.326 e. The lowest BCUT2D eigenvalue weighted by Crippen LogP contribution is -2.25. The molecule has 4 aromatic heterocycles. The minimum Gasteiger partial charge on any atom is -0.493 e. The largest absolute Gasteiger partial charge is 0.493 e. The van der Waals surface area contributed by atoms with Crippen molar-refractivity contribution in [2.24, 2.45) is 4.99 Å². The van der Waals surface area contributed by atoms with Gasteiger partial charge in [-0.25, -0.2) is 14.8 Å². The van der Waals surface area contributed by atoms with Crippen LogP contribution in [0.15, 0.2) is 40.2 Å². The second-order valence-corrected chi connectivity index (χ2v) is 7.49. The standard InChI is InChI=1S/C20H17N9O2/c1-10-22-13-4-2-3-5-15(13)28(10)18-25-16-11(8-14-17(30)26-20(31)24-14)9-21-29(16)19(27-18)23-12-6-7-12/h2-5,8-9,12,30H,6-7H2,1H3,(H2,24,26,31)/b11-8+,23-19?. The second-order valence-electron chi connectivity index (χ2n) is 7.49. The number of para-hydroxylation sites is 2. The van der Waals surface area contributed by atoms with Crippen molar-refractivity contribution in [3.63, 3.8) is 0 Å². The molecule has 31 heavy (non-hydrogen) atoms. The Hall–Kier alpha value is -4.28. The molecule has 0 saturated heterocycles. The van der Waals surface area contributed by atoms with Crippen molar-refractivity contribution in [3.8, 4) is 11.8 Å². The normalized spacial score (nSPS) is 15.5. The molecule has 1 fully saturated rings.